The fourth-order valence-corrected chi connectivity index (χ4v) is 6.41. The summed E-state index contributed by atoms with van der Waals surface area (Å²) in [5.74, 6) is -0.254. The molecule has 1 aromatic heterocycles. The van der Waals surface area contributed by atoms with Crippen molar-refractivity contribution in [3.05, 3.63) is 68.7 Å². The summed E-state index contributed by atoms with van der Waals surface area (Å²) >= 11 is 15.8. The Kier molecular flexibility index (Phi) is 7.13. The standard InChI is InChI=1S/C23H22BrCl2N3O4S/c1-23(13-15-4-6-16(24)7-5-15)21(30)28(19-11-17(25)10-18(26)12-19)22-27-14-20(29(22)23)34(31,32)9-3-8-33-2/h4-7,10-12,14H,3,8-9,13H2,1-2H3. The van der Waals surface area contributed by atoms with Crippen LogP contribution in [0.4, 0.5) is 11.6 Å². The van der Waals surface area contributed by atoms with Gasteiger partial charge in [0.2, 0.25) is 5.95 Å². The topological polar surface area (TPSA) is 81.5 Å². The normalized spacial score (nSPS) is 17.9. The maximum absolute atomic E-state index is 13.9. The lowest BCUT2D eigenvalue weighted by molar-refractivity contribution is -0.124. The van der Waals surface area contributed by atoms with E-state index in [0.29, 0.717) is 28.8 Å². The minimum Gasteiger partial charge on any atom is -0.385 e. The van der Waals surface area contributed by atoms with E-state index >= 15 is 0 Å². The van der Waals surface area contributed by atoms with Crippen molar-refractivity contribution < 1.29 is 17.9 Å². The van der Waals surface area contributed by atoms with E-state index in [9.17, 15) is 13.2 Å². The number of hydrogen-bond donors (Lipinski definition) is 0. The highest BCUT2D eigenvalue weighted by Crippen LogP contribution is 2.44. The Morgan fingerprint density at radius 1 is 1.12 bits per heavy atom. The molecule has 0 saturated carbocycles. The van der Waals surface area contributed by atoms with Crippen molar-refractivity contribution in [1.82, 2.24) is 9.55 Å². The molecule has 11 heteroatoms. The maximum atomic E-state index is 13.9. The van der Waals surface area contributed by atoms with Crippen molar-refractivity contribution in [1.29, 1.82) is 0 Å². The zero-order chi connectivity index (χ0) is 24.7. The first kappa shape index (κ1) is 25.2. The SMILES string of the molecule is COCCCS(=O)(=O)c1cnc2n1C(C)(Cc1ccc(Br)cc1)C(=O)N2c1cc(Cl)cc(Cl)c1. The van der Waals surface area contributed by atoms with Gasteiger partial charge in [0.25, 0.3) is 5.91 Å². The van der Waals surface area contributed by atoms with Gasteiger partial charge in [-0.1, -0.05) is 51.3 Å². The third kappa shape index (κ3) is 4.64. The monoisotopic (exact) mass is 585 g/mol. The van der Waals surface area contributed by atoms with E-state index in [4.69, 9.17) is 27.9 Å². The van der Waals surface area contributed by atoms with Gasteiger partial charge in [0, 0.05) is 34.7 Å². The number of sulfone groups is 1. The van der Waals surface area contributed by atoms with Gasteiger partial charge in [0.15, 0.2) is 14.9 Å². The van der Waals surface area contributed by atoms with Crippen LogP contribution in [0.3, 0.4) is 0 Å². The number of imidazole rings is 1. The molecule has 0 aliphatic carbocycles. The summed E-state index contributed by atoms with van der Waals surface area (Å²) < 4.78 is 34.0. The smallest absolute Gasteiger partial charge is 0.260 e. The van der Waals surface area contributed by atoms with Gasteiger partial charge in [0.05, 0.1) is 17.6 Å². The molecule has 0 saturated heterocycles. The molecule has 0 N–H and O–H groups in total. The predicted molar refractivity (Wildman–Crippen MR) is 136 cm³/mol. The van der Waals surface area contributed by atoms with Crippen LogP contribution in [0.2, 0.25) is 10.0 Å². The summed E-state index contributed by atoms with van der Waals surface area (Å²) in [6, 6.07) is 12.3. The average Bonchev–Trinajstić information content (AvgIpc) is 3.28. The zero-order valence-corrected chi connectivity index (χ0v) is 22.4. The summed E-state index contributed by atoms with van der Waals surface area (Å²) in [5, 5.41) is 0.687. The number of carbonyl (C=O) groups excluding carboxylic acids is 1. The van der Waals surface area contributed by atoms with E-state index in [0.717, 1.165) is 10.0 Å². The van der Waals surface area contributed by atoms with Crippen LogP contribution in [0.25, 0.3) is 0 Å². The second-order valence-electron chi connectivity index (χ2n) is 8.24. The number of halogens is 3. The minimum atomic E-state index is -3.75. The number of benzene rings is 2. The molecule has 0 bridgehead atoms. The quantitative estimate of drug-likeness (QED) is 0.330. The minimum absolute atomic E-state index is 0.0119. The van der Waals surface area contributed by atoms with Gasteiger partial charge in [-0.15, -0.1) is 0 Å². The van der Waals surface area contributed by atoms with Crippen LogP contribution in [0, 0.1) is 0 Å². The molecule has 1 aliphatic heterocycles. The van der Waals surface area contributed by atoms with E-state index in [2.05, 4.69) is 20.9 Å². The third-order valence-corrected chi connectivity index (χ3v) is 8.43. The molecule has 1 aliphatic rings. The van der Waals surface area contributed by atoms with Crippen molar-refractivity contribution in [3.63, 3.8) is 0 Å². The molecule has 1 unspecified atom stereocenters. The summed E-state index contributed by atoms with van der Waals surface area (Å²) in [6.45, 7) is 2.03. The van der Waals surface area contributed by atoms with E-state index in [1.54, 1.807) is 25.1 Å². The lowest BCUT2D eigenvalue weighted by Crippen LogP contribution is -2.42. The van der Waals surface area contributed by atoms with E-state index in [-0.39, 0.29) is 29.1 Å². The van der Waals surface area contributed by atoms with Crippen LogP contribution >= 0.6 is 39.1 Å². The van der Waals surface area contributed by atoms with Crippen LogP contribution in [0.5, 0.6) is 0 Å². The van der Waals surface area contributed by atoms with Crippen LogP contribution in [-0.4, -0.2) is 43.3 Å². The Hall–Kier alpha value is -1.91. The molecule has 1 amide bonds. The number of aromatic nitrogens is 2. The second kappa shape index (κ2) is 9.62. The molecule has 4 rings (SSSR count). The number of nitrogens with zero attached hydrogens (tertiary/aromatic N) is 3. The van der Waals surface area contributed by atoms with E-state index in [1.165, 1.54) is 22.8 Å². The lowest BCUT2D eigenvalue weighted by Gasteiger charge is -2.26. The molecule has 0 radical (unpaired) electrons. The van der Waals surface area contributed by atoms with E-state index < -0.39 is 15.4 Å². The first-order valence-corrected chi connectivity index (χ1v) is 13.6. The Labute approximate surface area is 216 Å². The third-order valence-electron chi connectivity index (χ3n) is 5.72. The molecular formula is C23H22BrCl2N3O4S. The van der Waals surface area contributed by atoms with Gasteiger partial charge in [-0.05, 0) is 49.2 Å². The molecule has 0 fully saturated rings. The first-order valence-electron chi connectivity index (χ1n) is 10.4. The van der Waals surface area contributed by atoms with Crippen molar-refractivity contribution in [3.8, 4) is 0 Å². The molecule has 1 atom stereocenters. The maximum Gasteiger partial charge on any atom is 0.260 e. The zero-order valence-electron chi connectivity index (χ0n) is 18.5. The first-order chi connectivity index (χ1) is 16.1. The molecule has 180 valence electrons. The molecule has 2 heterocycles. The summed E-state index contributed by atoms with van der Waals surface area (Å²) in [7, 11) is -2.23. The number of methoxy groups -OCH3 is 1. The van der Waals surface area contributed by atoms with Gasteiger partial charge < -0.3 is 4.74 Å². The lowest BCUT2D eigenvalue weighted by atomic mass is 9.92. The average molecular weight is 587 g/mol. The van der Waals surface area contributed by atoms with Crippen molar-refractivity contribution in [2.45, 2.75) is 30.3 Å². The molecule has 34 heavy (non-hydrogen) atoms. The van der Waals surface area contributed by atoms with Crippen LogP contribution in [-0.2, 0) is 31.3 Å². The number of ether oxygens (including phenoxy) is 1. The number of fused-ring (bicyclic) bond motifs is 1. The fourth-order valence-electron chi connectivity index (χ4n) is 4.15. The molecule has 3 aromatic rings. The number of carbonyl (C=O) groups is 1. The van der Waals surface area contributed by atoms with Crippen LogP contribution in [0.15, 0.2) is 58.2 Å². The highest BCUT2D eigenvalue weighted by Gasteiger charge is 2.51. The highest BCUT2D eigenvalue weighted by molar-refractivity contribution is 9.10. The molecule has 2 aromatic carbocycles. The molecular weight excluding hydrogens is 565 g/mol. The van der Waals surface area contributed by atoms with Gasteiger partial charge in [-0.25, -0.2) is 18.3 Å². The fraction of sp³-hybridized carbons (Fsp3) is 0.304. The van der Waals surface area contributed by atoms with Crippen LogP contribution in [0.1, 0.15) is 18.9 Å². The second-order valence-corrected chi connectivity index (χ2v) is 12.1. The predicted octanol–water partition coefficient (Wildman–Crippen LogP) is 5.40. The van der Waals surface area contributed by atoms with Gasteiger partial charge in [-0.3, -0.25) is 9.36 Å². The summed E-state index contributed by atoms with van der Waals surface area (Å²) in [5.41, 5.74) is 0.0302. The van der Waals surface area contributed by atoms with Crippen molar-refractivity contribution >= 4 is 66.5 Å². The van der Waals surface area contributed by atoms with Gasteiger partial charge >= 0.3 is 0 Å². The van der Waals surface area contributed by atoms with Gasteiger partial charge in [0.1, 0.15) is 5.54 Å². The van der Waals surface area contributed by atoms with Gasteiger partial charge in [-0.2, -0.15) is 0 Å². The largest absolute Gasteiger partial charge is 0.385 e. The van der Waals surface area contributed by atoms with E-state index in [1.807, 2.05) is 24.3 Å². The Morgan fingerprint density at radius 3 is 2.38 bits per heavy atom. The molecule has 7 nitrogen and oxygen atoms in total. The van der Waals surface area contributed by atoms with Crippen molar-refractivity contribution in [2.24, 2.45) is 0 Å². The Morgan fingerprint density at radius 2 is 1.76 bits per heavy atom. The number of anilines is 2. The summed E-state index contributed by atoms with van der Waals surface area (Å²) in [4.78, 5) is 19.7. The summed E-state index contributed by atoms with van der Waals surface area (Å²) in [6.07, 6.45) is 1.89. The van der Waals surface area contributed by atoms with Crippen molar-refractivity contribution in [2.75, 3.05) is 24.4 Å². The Balaban J connectivity index is 1.87. The number of rotatable bonds is 8. The Bertz CT molecular complexity index is 1320. The van der Waals surface area contributed by atoms with Crippen LogP contribution < -0.4 is 4.90 Å². The number of hydrogen-bond acceptors (Lipinski definition) is 5. The highest BCUT2D eigenvalue weighted by atomic mass is 79.9. The number of amides is 1. The molecule has 0 spiro atoms.